The fourth-order valence-corrected chi connectivity index (χ4v) is 4.39. The fraction of sp³-hybridized carbons (Fsp3) is 0.955. The van der Waals surface area contributed by atoms with Crippen LogP contribution in [0.5, 0.6) is 0 Å². The fourth-order valence-electron chi connectivity index (χ4n) is 4.39. The summed E-state index contributed by atoms with van der Waals surface area (Å²) in [6, 6.07) is 0. The van der Waals surface area contributed by atoms with Crippen LogP contribution in [0.25, 0.3) is 0 Å². The lowest BCUT2D eigenvalue weighted by Gasteiger charge is -2.34. The Morgan fingerprint density at radius 3 is 1.83 bits per heavy atom. The third-order valence-electron chi connectivity index (χ3n) is 4.26. The highest BCUT2D eigenvalue weighted by atomic mass is 16.5. The highest BCUT2D eigenvalue weighted by Gasteiger charge is 2.27. The van der Waals surface area contributed by atoms with Gasteiger partial charge in [0.25, 0.3) is 0 Å². The number of carbonyl (C=O) groups is 1. The standard InChI is InChI=1S/C22H44O2/c1-17(15-22(9,10)16-21(6,7)8)11-12-24-19(23)13-18(2)14-20(3,4)5/h17-18H,11-16H2,1-10H3. The summed E-state index contributed by atoms with van der Waals surface area (Å²) >= 11 is 0. The van der Waals surface area contributed by atoms with Crippen LogP contribution in [-0.2, 0) is 9.53 Å². The summed E-state index contributed by atoms with van der Waals surface area (Å²) in [5.41, 5.74) is 0.967. The molecule has 0 fully saturated rings. The minimum atomic E-state index is -0.0344. The number of ether oxygens (including phenoxy) is 1. The predicted molar refractivity (Wildman–Crippen MR) is 105 cm³/mol. The van der Waals surface area contributed by atoms with E-state index in [1.165, 1.54) is 12.8 Å². The molecule has 0 bridgehead atoms. The van der Waals surface area contributed by atoms with Crippen molar-refractivity contribution in [3.05, 3.63) is 0 Å². The molecule has 144 valence electrons. The van der Waals surface area contributed by atoms with Crippen molar-refractivity contribution in [2.24, 2.45) is 28.1 Å². The van der Waals surface area contributed by atoms with E-state index in [-0.39, 0.29) is 11.4 Å². The second kappa shape index (κ2) is 9.25. The maximum absolute atomic E-state index is 12.0. The zero-order valence-corrected chi connectivity index (χ0v) is 18.2. The molecule has 0 amide bonds. The van der Waals surface area contributed by atoms with E-state index in [2.05, 4.69) is 69.2 Å². The highest BCUT2D eigenvalue weighted by Crippen LogP contribution is 2.38. The van der Waals surface area contributed by atoms with E-state index in [4.69, 9.17) is 4.74 Å². The zero-order chi connectivity index (χ0) is 19.2. The van der Waals surface area contributed by atoms with Gasteiger partial charge in [-0.05, 0) is 53.8 Å². The zero-order valence-electron chi connectivity index (χ0n) is 18.2. The molecule has 0 radical (unpaired) electrons. The Morgan fingerprint density at radius 2 is 1.38 bits per heavy atom. The minimum absolute atomic E-state index is 0.0344. The first-order valence-corrected chi connectivity index (χ1v) is 9.75. The molecule has 0 spiro atoms. The maximum atomic E-state index is 12.0. The largest absolute Gasteiger partial charge is 0.466 e. The summed E-state index contributed by atoms with van der Waals surface area (Å²) < 4.78 is 5.47. The molecule has 0 aliphatic rings. The van der Waals surface area contributed by atoms with Gasteiger partial charge >= 0.3 is 5.97 Å². The number of rotatable bonds is 9. The molecular formula is C22H44O2. The van der Waals surface area contributed by atoms with E-state index in [9.17, 15) is 4.79 Å². The van der Waals surface area contributed by atoms with Gasteiger partial charge in [0.2, 0.25) is 0 Å². The average Bonchev–Trinajstić information content (AvgIpc) is 2.20. The molecule has 0 aromatic carbocycles. The second-order valence-corrected chi connectivity index (χ2v) is 11.3. The molecule has 2 atom stereocenters. The van der Waals surface area contributed by atoms with Crippen LogP contribution in [0.15, 0.2) is 0 Å². The first kappa shape index (κ1) is 23.5. The van der Waals surface area contributed by atoms with Crippen LogP contribution in [0.2, 0.25) is 0 Å². The normalized spacial score (nSPS) is 15.9. The summed E-state index contributed by atoms with van der Waals surface area (Å²) in [7, 11) is 0. The molecule has 0 aromatic heterocycles. The molecule has 0 heterocycles. The van der Waals surface area contributed by atoms with Crippen molar-refractivity contribution in [2.45, 2.75) is 101 Å². The molecule has 0 rings (SSSR count). The Labute approximate surface area is 152 Å². The van der Waals surface area contributed by atoms with Gasteiger partial charge in [-0.3, -0.25) is 4.79 Å². The van der Waals surface area contributed by atoms with Gasteiger partial charge in [-0.1, -0.05) is 69.2 Å². The molecule has 24 heavy (non-hydrogen) atoms. The molecule has 2 nitrogen and oxygen atoms in total. The van der Waals surface area contributed by atoms with Crippen LogP contribution in [0.4, 0.5) is 0 Å². The van der Waals surface area contributed by atoms with Crippen molar-refractivity contribution in [3.63, 3.8) is 0 Å². The van der Waals surface area contributed by atoms with Crippen LogP contribution < -0.4 is 0 Å². The quantitative estimate of drug-likeness (QED) is 0.428. The monoisotopic (exact) mass is 340 g/mol. The molecule has 0 saturated heterocycles. The summed E-state index contributed by atoms with van der Waals surface area (Å²) in [4.78, 5) is 12.0. The molecule has 0 saturated carbocycles. The number of hydrogen-bond donors (Lipinski definition) is 0. The van der Waals surface area contributed by atoms with Gasteiger partial charge in [0, 0.05) is 6.42 Å². The third kappa shape index (κ3) is 13.9. The maximum Gasteiger partial charge on any atom is 0.306 e. The van der Waals surface area contributed by atoms with Gasteiger partial charge in [-0.2, -0.15) is 0 Å². The topological polar surface area (TPSA) is 26.3 Å². The van der Waals surface area contributed by atoms with Crippen molar-refractivity contribution < 1.29 is 9.53 Å². The lowest BCUT2D eigenvalue weighted by molar-refractivity contribution is -0.145. The molecule has 0 aromatic rings. The van der Waals surface area contributed by atoms with Crippen LogP contribution >= 0.6 is 0 Å². The van der Waals surface area contributed by atoms with E-state index in [1.54, 1.807) is 0 Å². The Bertz CT molecular complexity index is 368. The number of esters is 1. The smallest absolute Gasteiger partial charge is 0.306 e. The van der Waals surface area contributed by atoms with E-state index in [0.717, 1.165) is 12.8 Å². The minimum Gasteiger partial charge on any atom is -0.466 e. The SMILES string of the molecule is CC(CC(=O)OCCC(C)CC(C)(C)CC(C)(C)C)CC(C)(C)C. The molecule has 0 N–H and O–H groups in total. The van der Waals surface area contributed by atoms with Crippen LogP contribution in [0.1, 0.15) is 101 Å². The van der Waals surface area contributed by atoms with Crippen LogP contribution in [-0.4, -0.2) is 12.6 Å². The van der Waals surface area contributed by atoms with Crippen LogP contribution in [0, 0.1) is 28.1 Å². The van der Waals surface area contributed by atoms with Gasteiger partial charge in [0.05, 0.1) is 6.61 Å². The molecule has 2 unspecified atom stereocenters. The molecule has 0 aliphatic heterocycles. The Balaban J connectivity index is 4.08. The van der Waals surface area contributed by atoms with E-state index in [0.29, 0.717) is 35.7 Å². The van der Waals surface area contributed by atoms with Gasteiger partial charge in [-0.15, -0.1) is 0 Å². The Morgan fingerprint density at radius 1 is 0.833 bits per heavy atom. The second-order valence-electron chi connectivity index (χ2n) is 11.3. The molecule has 2 heteroatoms. The number of hydrogen-bond acceptors (Lipinski definition) is 2. The number of carbonyl (C=O) groups excluding carboxylic acids is 1. The van der Waals surface area contributed by atoms with Gasteiger partial charge < -0.3 is 4.74 Å². The summed E-state index contributed by atoms with van der Waals surface area (Å²) in [6.07, 6.45) is 4.96. The van der Waals surface area contributed by atoms with Crippen molar-refractivity contribution in [1.29, 1.82) is 0 Å². The predicted octanol–water partition coefficient (Wildman–Crippen LogP) is 6.87. The van der Waals surface area contributed by atoms with E-state index in [1.807, 2.05) is 0 Å². The van der Waals surface area contributed by atoms with Gasteiger partial charge in [0.1, 0.15) is 0 Å². The summed E-state index contributed by atoms with van der Waals surface area (Å²) in [5, 5.41) is 0. The Hall–Kier alpha value is -0.530. The first-order valence-electron chi connectivity index (χ1n) is 9.75. The summed E-state index contributed by atoms with van der Waals surface area (Å²) in [5.74, 6) is 0.940. The lowest BCUT2D eigenvalue weighted by Crippen LogP contribution is -2.23. The van der Waals surface area contributed by atoms with Crippen LogP contribution in [0.3, 0.4) is 0 Å². The van der Waals surface area contributed by atoms with E-state index >= 15 is 0 Å². The molecule has 0 aliphatic carbocycles. The summed E-state index contributed by atoms with van der Waals surface area (Å²) in [6.45, 7) is 23.3. The first-order chi connectivity index (χ1) is 10.6. The van der Waals surface area contributed by atoms with Crippen molar-refractivity contribution in [3.8, 4) is 0 Å². The van der Waals surface area contributed by atoms with Crippen molar-refractivity contribution in [1.82, 2.24) is 0 Å². The average molecular weight is 341 g/mol. The Kier molecular flexibility index (Phi) is 9.04. The van der Waals surface area contributed by atoms with Crippen molar-refractivity contribution >= 4 is 5.97 Å². The van der Waals surface area contributed by atoms with Gasteiger partial charge in [0.15, 0.2) is 0 Å². The van der Waals surface area contributed by atoms with Crippen molar-refractivity contribution in [2.75, 3.05) is 6.61 Å². The van der Waals surface area contributed by atoms with Gasteiger partial charge in [-0.25, -0.2) is 0 Å². The van der Waals surface area contributed by atoms with E-state index < -0.39 is 0 Å². The lowest BCUT2D eigenvalue weighted by atomic mass is 9.72. The molecular weight excluding hydrogens is 296 g/mol. The highest BCUT2D eigenvalue weighted by molar-refractivity contribution is 5.69. The third-order valence-corrected chi connectivity index (χ3v) is 4.26.